The Labute approximate surface area is 90.4 Å². The Bertz CT molecular complexity index is 363. The average molecular weight is 207 g/mol. The topological polar surface area (TPSA) is 31.2 Å². The van der Waals surface area contributed by atoms with Gasteiger partial charge in [0, 0.05) is 24.0 Å². The number of aromatic nitrogens is 1. The van der Waals surface area contributed by atoms with E-state index in [0.29, 0.717) is 12.2 Å². The van der Waals surface area contributed by atoms with E-state index in [4.69, 9.17) is 4.74 Å². The van der Waals surface area contributed by atoms with Crippen LogP contribution in [-0.4, -0.2) is 17.1 Å². The molecule has 1 heterocycles. The molecule has 82 valence electrons. The minimum Gasteiger partial charge on any atom is -0.463 e. The summed E-state index contributed by atoms with van der Waals surface area (Å²) in [6.45, 7) is 6.95. The van der Waals surface area contributed by atoms with Crippen molar-refractivity contribution in [2.45, 2.75) is 27.3 Å². The number of hydrogen-bond donors (Lipinski definition) is 0. The zero-order valence-corrected chi connectivity index (χ0v) is 9.49. The van der Waals surface area contributed by atoms with E-state index in [1.807, 2.05) is 24.4 Å². The van der Waals surface area contributed by atoms with E-state index in [9.17, 15) is 4.79 Å². The smallest absolute Gasteiger partial charge is 0.333 e. The predicted molar refractivity (Wildman–Crippen MR) is 60.4 cm³/mol. The van der Waals surface area contributed by atoms with E-state index in [-0.39, 0.29) is 5.97 Å². The molecular weight excluding hydrogens is 190 g/mol. The number of aryl methyl sites for hydroxylation is 1. The summed E-state index contributed by atoms with van der Waals surface area (Å²) >= 11 is 0. The standard InChI is InChI=1S/C12H17NO2/c1-4-13-8-6-7-11(13)9-10(3)12(14)15-5-2/h6-9H,4-5H2,1-3H3/b10-9+. The lowest BCUT2D eigenvalue weighted by atomic mass is 10.2. The lowest BCUT2D eigenvalue weighted by Gasteiger charge is -2.04. The number of carbonyl (C=O) groups excluding carboxylic acids is 1. The number of nitrogens with zero attached hydrogens (tertiary/aromatic N) is 1. The van der Waals surface area contributed by atoms with Crippen molar-refractivity contribution in [3.8, 4) is 0 Å². The highest BCUT2D eigenvalue weighted by molar-refractivity contribution is 5.92. The summed E-state index contributed by atoms with van der Waals surface area (Å²) < 4.78 is 6.98. The minimum atomic E-state index is -0.249. The monoisotopic (exact) mass is 207 g/mol. The van der Waals surface area contributed by atoms with Crippen LogP contribution in [0.15, 0.2) is 23.9 Å². The molecule has 1 aromatic heterocycles. The molecule has 0 atom stereocenters. The lowest BCUT2D eigenvalue weighted by Crippen LogP contribution is -2.05. The number of ether oxygens (including phenoxy) is 1. The zero-order valence-electron chi connectivity index (χ0n) is 9.49. The summed E-state index contributed by atoms with van der Waals surface area (Å²) in [6, 6.07) is 3.94. The van der Waals surface area contributed by atoms with Crippen LogP contribution in [0.25, 0.3) is 6.08 Å². The minimum absolute atomic E-state index is 0.249. The molecule has 0 aliphatic carbocycles. The normalized spacial score (nSPS) is 11.5. The molecule has 0 aromatic carbocycles. The first-order chi connectivity index (χ1) is 7.19. The van der Waals surface area contributed by atoms with Gasteiger partial charge in [0.15, 0.2) is 0 Å². The first-order valence-corrected chi connectivity index (χ1v) is 5.19. The Balaban J connectivity index is 2.82. The van der Waals surface area contributed by atoms with Gasteiger partial charge in [0.05, 0.1) is 6.61 Å². The largest absolute Gasteiger partial charge is 0.463 e. The molecule has 15 heavy (non-hydrogen) atoms. The number of esters is 1. The van der Waals surface area contributed by atoms with Crippen LogP contribution in [-0.2, 0) is 16.1 Å². The zero-order chi connectivity index (χ0) is 11.3. The third kappa shape index (κ3) is 2.98. The van der Waals surface area contributed by atoms with Gasteiger partial charge in [-0.3, -0.25) is 0 Å². The van der Waals surface area contributed by atoms with Crippen molar-refractivity contribution in [2.24, 2.45) is 0 Å². The molecule has 3 nitrogen and oxygen atoms in total. The summed E-state index contributed by atoms with van der Waals surface area (Å²) in [4.78, 5) is 11.4. The Morgan fingerprint density at radius 3 is 2.87 bits per heavy atom. The van der Waals surface area contributed by atoms with E-state index in [1.165, 1.54) is 0 Å². The SMILES string of the molecule is CCOC(=O)/C(C)=C/c1cccn1CC. The summed E-state index contributed by atoms with van der Waals surface area (Å²) in [5.41, 5.74) is 1.66. The number of hydrogen-bond acceptors (Lipinski definition) is 2. The van der Waals surface area contributed by atoms with Crippen molar-refractivity contribution in [3.63, 3.8) is 0 Å². The van der Waals surface area contributed by atoms with Crippen molar-refractivity contribution in [3.05, 3.63) is 29.6 Å². The molecule has 1 rings (SSSR count). The van der Waals surface area contributed by atoms with E-state index >= 15 is 0 Å². The molecule has 0 amide bonds. The third-order valence-electron chi connectivity index (χ3n) is 2.17. The fraction of sp³-hybridized carbons (Fsp3) is 0.417. The van der Waals surface area contributed by atoms with Gasteiger partial charge in [-0.15, -0.1) is 0 Å². The van der Waals surface area contributed by atoms with Gasteiger partial charge in [-0.2, -0.15) is 0 Å². The Hall–Kier alpha value is -1.51. The van der Waals surface area contributed by atoms with Crippen molar-refractivity contribution in [1.82, 2.24) is 4.57 Å². The molecule has 0 saturated carbocycles. The summed E-state index contributed by atoms with van der Waals surface area (Å²) in [7, 11) is 0. The van der Waals surface area contributed by atoms with Gasteiger partial charge in [0.2, 0.25) is 0 Å². The molecular formula is C12H17NO2. The van der Waals surface area contributed by atoms with Gasteiger partial charge in [-0.05, 0) is 39.0 Å². The molecule has 0 radical (unpaired) electrons. The molecule has 0 saturated heterocycles. The molecule has 0 bridgehead atoms. The van der Waals surface area contributed by atoms with E-state index in [2.05, 4.69) is 11.5 Å². The van der Waals surface area contributed by atoms with Gasteiger partial charge in [-0.25, -0.2) is 4.79 Å². The summed E-state index contributed by atoms with van der Waals surface area (Å²) in [5.74, 6) is -0.249. The van der Waals surface area contributed by atoms with Crippen LogP contribution in [0, 0.1) is 0 Å². The number of carbonyl (C=O) groups is 1. The molecule has 3 heteroatoms. The van der Waals surface area contributed by atoms with Crippen molar-refractivity contribution >= 4 is 12.0 Å². The fourth-order valence-corrected chi connectivity index (χ4v) is 1.37. The first-order valence-electron chi connectivity index (χ1n) is 5.19. The van der Waals surface area contributed by atoms with Crippen LogP contribution >= 0.6 is 0 Å². The predicted octanol–water partition coefficient (Wildman–Crippen LogP) is 2.47. The average Bonchev–Trinajstić information content (AvgIpc) is 2.65. The van der Waals surface area contributed by atoms with Crippen LogP contribution < -0.4 is 0 Å². The fourth-order valence-electron chi connectivity index (χ4n) is 1.37. The van der Waals surface area contributed by atoms with Crippen LogP contribution in [0.3, 0.4) is 0 Å². The quantitative estimate of drug-likeness (QED) is 0.561. The second kappa shape index (κ2) is 5.39. The van der Waals surface area contributed by atoms with E-state index in [1.54, 1.807) is 13.8 Å². The molecule has 0 N–H and O–H groups in total. The van der Waals surface area contributed by atoms with Crippen LogP contribution in [0.5, 0.6) is 0 Å². The highest BCUT2D eigenvalue weighted by Crippen LogP contribution is 2.09. The molecule has 1 aromatic rings. The highest BCUT2D eigenvalue weighted by atomic mass is 16.5. The maximum Gasteiger partial charge on any atom is 0.333 e. The Morgan fingerprint density at radius 2 is 2.27 bits per heavy atom. The van der Waals surface area contributed by atoms with Gasteiger partial charge in [0.25, 0.3) is 0 Å². The maximum absolute atomic E-state index is 11.4. The van der Waals surface area contributed by atoms with Gasteiger partial charge < -0.3 is 9.30 Å². The van der Waals surface area contributed by atoms with Crippen LogP contribution in [0.4, 0.5) is 0 Å². The highest BCUT2D eigenvalue weighted by Gasteiger charge is 2.05. The van der Waals surface area contributed by atoms with E-state index in [0.717, 1.165) is 12.2 Å². The molecule has 0 fully saturated rings. The summed E-state index contributed by atoms with van der Waals surface area (Å²) in [6.07, 6.45) is 3.84. The molecule has 0 aliphatic heterocycles. The van der Waals surface area contributed by atoms with Gasteiger partial charge in [-0.1, -0.05) is 0 Å². The Kier molecular flexibility index (Phi) is 4.16. The van der Waals surface area contributed by atoms with Crippen LogP contribution in [0.1, 0.15) is 26.5 Å². The first kappa shape index (κ1) is 11.6. The van der Waals surface area contributed by atoms with Crippen molar-refractivity contribution in [1.29, 1.82) is 0 Å². The van der Waals surface area contributed by atoms with Crippen LogP contribution in [0.2, 0.25) is 0 Å². The van der Waals surface area contributed by atoms with Crippen molar-refractivity contribution < 1.29 is 9.53 Å². The van der Waals surface area contributed by atoms with E-state index < -0.39 is 0 Å². The van der Waals surface area contributed by atoms with Gasteiger partial charge >= 0.3 is 5.97 Å². The number of rotatable bonds is 4. The van der Waals surface area contributed by atoms with Crippen molar-refractivity contribution in [2.75, 3.05) is 6.61 Å². The second-order valence-corrected chi connectivity index (χ2v) is 3.27. The van der Waals surface area contributed by atoms with Gasteiger partial charge in [0.1, 0.15) is 0 Å². The molecule has 0 unspecified atom stereocenters. The molecule has 0 spiro atoms. The third-order valence-corrected chi connectivity index (χ3v) is 2.17. The maximum atomic E-state index is 11.4. The molecule has 0 aliphatic rings. The Morgan fingerprint density at radius 1 is 1.53 bits per heavy atom. The second-order valence-electron chi connectivity index (χ2n) is 3.27. The summed E-state index contributed by atoms with van der Waals surface area (Å²) in [5, 5.41) is 0. The lowest BCUT2D eigenvalue weighted by molar-refractivity contribution is -0.138.